The lowest BCUT2D eigenvalue weighted by Crippen LogP contribution is -2.05. The fourth-order valence-corrected chi connectivity index (χ4v) is 1.44. The zero-order valence-corrected chi connectivity index (χ0v) is 9.56. The lowest BCUT2D eigenvalue weighted by Gasteiger charge is -1.93. The largest absolute Gasteiger partial charge is 0.481 e. The molecule has 0 spiro atoms. The molecule has 0 saturated carbocycles. The molecule has 17 heavy (non-hydrogen) atoms. The van der Waals surface area contributed by atoms with E-state index in [1.807, 2.05) is 6.92 Å². The Morgan fingerprint density at radius 3 is 2.65 bits per heavy atom. The van der Waals surface area contributed by atoms with Crippen molar-refractivity contribution in [3.63, 3.8) is 0 Å². The molecule has 1 aliphatic rings. The molecule has 1 N–H and O–H groups in total. The summed E-state index contributed by atoms with van der Waals surface area (Å²) in [5.74, 6) is -2.78. The van der Waals surface area contributed by atoms with E-state index in [1.165, 1.54) is 6.08 Å². The predicted molar refractivity (Wildman–Crippen MR) is 59.0 cm³/mol. The molecule has 0 amide bonds. The molecular formula is C12H14O5. The quantitative estimate of drug-likeness (QED) is 0.431. The van der Waals surface area contributed by atoms with Crippen molar-refractivity contribution >= 4 is 17.9 Å². The fraction of sp³-hybridized carbons (Fsp3) is 0.417. The third-order valence-corrected chi connectivity index (χ3v) is 2.31. The van der Waals surface area contributed by atoms with Gasteiger partial charge in [-0.1, -0.05) is 31.9 Å². The Morgan fingerprint density at radius 1 is 1.35 bits per heavy atom. The van der Waals surface area contributed by atoms with Gasteiger partial charge in [-0.05, 0) is 6.42 Å². The number of aliphatic carboxylic acids is 1. The number of unbranched alkanes of at least 4 members (excludes halogenated alkanes) is 2. The number of carboxylic acid groups (broad SMARTS) is 1. The molecule has 1 heterocycles. The second-order valence-corrected chi connectivity index (χ2v) is 3.68. The van der Waals surface area contributed by atoms with Crippen LogP contribution in [0.5, 0.6) is 0 Å². The van der Waals surface area contributed by atoms with Crippen molar-refractivity contribution in [1.82, 2.24) is 0 Å². The van der Waals surface area contributed by atoms with E-state index in [1.54, 1.807) is 6.08 Å². The van der Waals surface area contributed by atoms with E-state index < -0.39 is 24.3 Å². The fourth-order valence-electron chi connectivity index (χ4n) is 1.44. The van der Waals surface area contributed by atoms with Crippen LogP contribution < -0.4 is 0 Å². The van der Waals surface area contributed by atoms with Crippen LogP contribution in [0.1, 0.15) is 32.6 Å². The van der Waals surface area contributed by atoms with Crippen molar-refractivity contribution in [1.29, 1.82) is 0 Å². The van der Waals surface area contributed by atoms with Gasteiger partial charge in [0.05, 0.1) is 17.6 Å². The minimum absolute atomic E-state index is 0.0634. The number of esters is 2. The molecule has 0 aromatic heterocycles. The van der Waals surface area contributed by atoms with Gasteiger partial charge < -0.3 is 9.84 Å². The normalized spacial score (nSPS) is 15.8. The van der Waals surface area contributed by atoms with E-state index in [-0.39, 0.29) is 11.1 Å². The SMILES string of the molecule is CCCC/C=C/C1=C(CC(=O)O)C(=O)OC1=O. The highest BCUT2D eigenvalue weighted by atomic mass is 16.6. The predicted octanol–water partition coefficient (Wildman–Crippen LogP) is 1.59. The van der Waals surface area contributed by atoms with Crippen LogP contribution in [0.2, 0.25) is 0 Å². The van der Waals surface area contributed by atoms with Crippen molar-refractivity contribution in [2.45, 2.75) is 32.6 Å². The van der Waals surface area contributed by atoms with Gasteiger partial charge in [-0.25, -0.2) is 9.59 Å². The lowest BCUT2D eigenvalue weighted by molar-refractivity contribution is -0.151. The highest BCUT2D eigenvalue weighted by Crippen LogP contribution is 2.21. The molecule has 1 rings (SSSR count). The van der Waals surface area contributed by atoms with Crippen molar-refractivity contribution in [3.8, 4) is 0 Å². The number of rotatable bonds is 6. The number of cyclic esters (lactones) is 2. The zero-order valence-electron chi connectivity index (χ0n) is 9.56. The molecule has 0 aromatic rings. The summed E-state index contributed by atoms with van der Waals surface area (Å²) in [6.07, 6.45) is 5.51. The maximum atomic E-state index is 11.3. The molecule has 1 aliphatic heterocycles. The van der Waals surface area contributed by atoms with E-state index in [0.717, 1.165) is 19.3 Å². The van der Waals surface area contributed by atoms with Gasteiger partial charge in [0, 0.05) is 0 Å². The van der Waals surface area contributed by atoms with Crippen molar-refractivity contribution in [2.24, 2.45) is 0 Å². The maximum absolute atomic E-state index is 11.3. The molecule has 0 aliphatic carbocycles. The summed E-state index contributed by atoms with van der Waals surface area (Å²) in [6.45, 7) is 2.04. The molecule has 0 bridgehead atoms. The summed E-state index contributed by atoms with van der Waals surface area (Å²) in [4.78, 5) is 33.1. The van der Waals surface area contributed by atoms with Gasteiger partial charge >= 0.3 is 17.9 Å². The van der Waals surface area contributed by atoms with Gasteiger partial charge in [0.15, 0.2) is 0 Å². The van der Waals surface area contributed by atoms with E-state index >= 15 is 0 Å². The van der Waals surface area contributed by atoms with Crippen LogP contribution in [0.15, 0.2) is 23.3 Å². The molecular weight excluding hydrogens is 224 g/mol. The summed E-state index contributed by atoms with van der Waals surface area (Å²) in [5.41, 5.74) is -0.0104. The highest BCUT2D eigenvalue weighted by Gasteiger charge is 2.32. The first-order valence-electron chi connectivity index (χ1n) is 5.44. The van der Waals surface area contributed by atoms with E-state index in [4.69, 9.17) is 5.11 Å². The van der Waals surface area contributed by atoms with Crippen molar-refractivity contribution in [3.05, 3.63) is 23.3 Å². The molecule has 5 heteroatoms. The summed E-state index contributed by atoms with van der Waals surface area (Å²) >= 11 is 0. The molecule has 0 saturated heterocycles. The Bertz CT molecular complexity index is 403. The van der Waals surface area contributed by atoms with E-state index in [9.17, 15) is 14.4 Å². The number of carboxylic acids is 1. The molecule has 0 atom stereocenters. The average molecular weight is 238 g/mol. The third kappa shape index (κ3) is 3.55. The Kier molecular flexibility index (Phi) is 4.63. The van der Waals surface area contributed by atoms with Crippen LogP contribution in [0.3, 0.4) is 0 Å². The number of ether oxygens (including phenoxy) is 1. The first-order valence-corrected chi connectivity index (χ1v) is 5.44. The van der Waals surface area contributed by atoms with Crippen LogP contribution in [0, 0.1) is 0 Å². The zero-order chi connectivity index (χ0) is 12.8. The van der Waals surface area contributed by atoms with Gasteiger partial charge in [-0.15, -0.1) is 0 Å². The van der Waals surface area contributed by atoms with Crippen molar-refractivity contribution in [2.75, 3.05) is 0 Å². The molecule has 0 radical (unpaired) electrons. The Labute approximate surface area is 98.8 Å². The van der Waals surface area contributed by atoms with Gasteiger partial charge in [0.2, 0.25) is 0 Å². The van der Waals surface area contributed by atoms with Crippen molar-refractivity contribution < 1.29 is 24.2 Å². The van der Waals surface area contributed by atoms with Crippen LogP contribution in [0.4, 0.5) is 0 Å². The first-order chi connectivity index (χ1) is 8.06. The second-order valence-electron chi connectivity index (χ2n) is 3.68. The Balaban J connectivity index is 2.84. The standard InChI is InChI=1S/C12H14O5/c1-2-3-4-5-6-8-9(7-10(13)14)12(16)17-11(8)15/h5-6H,2-4,7H2,1H3,(H,13,14)/b6-5+. The van der Waals surface area contributed by atoms with Gasteiger partial charge in [0.1, 0.15) is 0 Å². The minimum atomic E-state index is -1.16. The summed E-state index contributed by atoms with van der Waals surface area (Å²) in [7, 11) is 0. The number of hydrogen-bond acceptors (Lipinski definition) is 4. The monoisotopic (exact) mass is 238 g/mol. The highest BCUT2D eigenvalue weighted by molar-refractivity contribution is 6.15. The third-order valence-electron chi connectivity index (χ3n) is 2.31. The number of allylic oxidation sites excluding steroid dienone is 1. The van der Waals surface area contributed by atoms with E-state index in [0.29, 0.717) is 0 Å². The topological polar surface area (TPSA) is 80.7 Å². The smallest absolute Gasteiger partial charge is 0.346 e. The number of hydrogen-bond donors (Lipinski definition) is 1. The van der Waals surface area contributed by atoms with Crippen LogP contribution in [-0.2, 0) is 19.1 Å². The number of carbonyl (C=O) groups excluding carboxylic acids is 2. The van der Waals surface area contributed by atoms with E-state index in [2.05, 4.69) is 4.74 Å². The summed E-state index contributed by atoms with van der Waals surface area (Å²) in [6, 6.07) is 0. The molecule has 0 unspecified atom stereocenters. The van der Waals surface area contributed by atoms with Gasteiger partial charge in [-0.2, -0.15) is 0 Å². The first kappa shape index (κ1) is 13.2. The molecule has 92 valence electrons. The lowest BCUT2D eigenvalue weighted by atomic mass is 10.1. The average Bonchev–Trinajstić information content (AvgIpc) is 2.50. The minimum Gasteiger partial charge on any atom is -0.481 e. The second kappa shape index (κ2) is 5.98. The molecule has 0 fully saturated rings. The summed E-state index contributed by atoms with van der Waals surface area (Å²) < 4.78 is 4.38. The number of carbonyl (C=O) groups is 3. The maximum Gasteiger partial charge on any atom is 0.346 e. The Hall–Kier alpha value is -1.91. The van der Waals surface area contributed by atoms with Crippen LogP contribution in [0.25, 0.3) is 0 Å². The van der Waals surface area contributed by atoms with Gasteiger partial charge in [0.25, 0.3) is 0 Å². The van der Waals surface area contributed by atoms with Crippen LogP contribution in [-0.4, -0.2) is 23.0 Å². The molecule has 0 aromatic carbocycles. The van der Waals surface area contributed by atoms with Crippen LogP contribution >= 0.6 is 0 Å². The molecule has 5 nitrogen and oxygen atoms in total. The Morgan fingerprint density at radius 2 is 2.06 bits per heavy atom. The van der Waals surface area contributed by atoms with Gasteiger partial charge in [-0.3, -0.25) is 4.79 Å². The summed E-state index contributed by atoms with van der Waals surface area (Å²) in [5, 5.41) is 8.63.